The first-order chi connectivity index (χ1) is 7.16. The lowest BCUT2D eigenvalue weighted by Gasteiger charge is -2.06. The molecular weight excluding hydrogens is 228 g/mol. The number of hydrogen-bond acceptors (Lipinski definition) is 3. The summed E-state index contributed by atoms with van der Waals surface area (Å²) >= 11 is 7.54. The van der Waals surface area contributed by atoms with Crippen molar-refractivity contribution in [1.29, 1.82) is 0 Å². The molecule has 1 aromatic carbocycles. The molecule has 0 N–H and O–H groups in total. The van der Waals surface area contributed by atoms with Gasteiger partial charge in [-0.3, -0.25) is 0 Å². The number of hydrogen-bond donors (Lipinski definition) is 0. The van der Waals surface area contributed by atoms with Crippen molar-refractivity contribution in [2.45, 2.75) is 24.8 Å². The zero-order chi connectivity index (χ0) is 10.8. The van der Waals surface area contributed by atoms with Crippen LogP contribution in [0.25, 0.3) is 0 Å². The number of halogens is 1. The number of thioether (sulfide) groups is 1. The molecule has 0 aliphatic carbocycles. The molecule has 1 aliphatic rings. The third-order valence-corrected chi connectivity index (χ3v) is 3.77. The van der Waals surface area contributed by atoms with E-state index < -0.39 is 0 Å². The van der Waals surface area contributed by atoms with Crippen molar-refractivity contribution in [3.05, 3.63) is 39.9 Å². The lowest BCUT2D eigenvalue weighted by atomic mass is 10.3. The molecule has 0 aromatic heterocycles. The van der Waals surface area contributed by atoms with Gasteiger partial charge in [0, 0.05) is 14.8 Å². The Morgan fingerprint density at radius 2 is 1.93 bits per heavy atom. The lowest BCUT2D eigenvalue weighted by molar-refractivity contribution is 0.883. The van der Waals surface area contributed by atoms with E-state index in [-0.39, 0.29) is 6.04 Å². The van der Waals surface area contributed by atoms with E-state index in [1.165, 1.54) is 9.80 Å². The Balaban J connectivity index is 2.16. The molecule has 0 saturated carbocycles. The van der Waals surface area contributed by atoms with Crippen molar-refractivity contribution >= 4 is 23.4 Å². The lowest BCUT2D eigenvalue weighted by Crippen LogP contribution is -1.95. The summed E-state index contributed by atoms with van der Waals surface area (Å²) in [5, 5.41) is 8.95. The molecule has 1 atom stereocenters. The number of azo groups is 1. The van der Waals surface area contributed by atoms with Gasteiger partial charge in [0.2, 0.25) is 0 Å². The van der Waals surface area contributed by atoms with Gasteiger partial charge in [0.15, 0.2) is 0 Å². The van der Waals surface area contributed by atoms with Crippen molar-refractivity contribution in [2.75, 3.05) is 0 Å². The number of benzene rings is 1. The molecule has 15 heavy (non-hydrogen) atoms. The van der Waals surface area contributed by atoms with Crippen LogP contribution in [-0.2, 0) is 0 Å². The number of allylic oxidation sites excluding steroid dienone is 1. The van der Waals surface area contributed by atoms with Crippen LogP contribution in [0.4, 0.5) is 0 Å². The van der Waals surface area contributed by atoms with Crippen molar-refractivity contribution in [3.63, 3.8) is 0 Å². The zero-order valence-electron chi connectivity index (χ0n) is 8.57. The van der Waals surface area contributed by atoms with Crippen LogP contribution in [0.1, 0.15) is 13.8 Å². The topological polar surface area (TPSA) is 24.7 Å². The summed E-state index contributed by atoms with van der Waals surface area (Å²) in [4.78, 5) is 2.39. The second-order valence-electron chi connectivity index (χ2n) is 3.40. The van der Waals surface area contributed by atoms with Gasteiger partial charge < -0.3 is 0 Å². The smallest absolute Gasteiger partial charge is 0.101 e. The molecule has 0 amide bonds. The number of rotatable bonds is 2. The van der Waals surface area contributed by atoms with Crippen molar-refractivity contribution < 1.29 is 0 Å². The van der Waals surface area contributed by atoms with Crippen molar-refractivity contribution in [1.82, 2.24) is 0 Å². The van der Waals surface area contributed by atoms with Gasteiger partial charge in [0.25, 0.3) is 0 Å². The van der Waals surface area contributed by atoms with E-state index in [2.05, 4.69) is 17.2 Å². The Hall–Kier alpha value is -0.800. The summed E-state index contributed by atoms with van der Waals surface area (Å²) < 4.78 is 0. The molecule has 78 valence electrons. The summed E-state index contributed by atoms with van der Waals surface area (Å²) in [6.07, 6.45) is 0. The molecule has 0 saturated heterocycles. The van der Waals surface area contributed by atoms with E-state index in [0.717, 1.165) is 10.7 Å². The van der Waals surface area contributed by atoms with Gasteiger partial charge in [-0.25, -0.2) is 0 Å². The Kier molecular flexibility index (Phi) is 3.12. The summed E-state index contributed by atoms with van der Waals surface area (Å²) in [7, 11) is 0. The van der Waals surface area contributed by atoms with Crippen LogP contribution in [0.2, 0.25) is 5.02 Å². The minimum atomic E-state index is 0.186. The zero-order valence-corrected chi connectivity index (χ0v) is 10.1. The van der Waals surface area contributed by atoms with E-state index in [0.29, 0.717) is 0 Å². The van der Waals surface area contributed by atoms with Gasteiger partial charge in [-0.2, -0.15) is 10.2 Å². The van der Waals surface area contributed by atoms with E-state index in [4.69, 9.17) is 11.6 Å². The summed E-state index contributed by atoms with van der Waals surface area (Å²) in [6.45, 7) is 4.05. The van der Waals surface area contributed by atoms with Gasteiger partial charge in [0.1, 0.15) is 6.04 Å². The molecule has 0 spiro atoms. The van der Waals surface area contributed by atoms with Gasteiger partial charge in [-0.15, -0.1) is 0 Å². The highest BCUT2D eigenvalue weighted by Gasteiger charge is 2.17. The molecule has 4 heteroatoms. The average molecular weight is 239 g/mol. The SMILES string of the molecule is CC1=C(Sc2ccc(Cl)cc2)[C@H](C)N=N1. The van der Waals surface area contributed by atoms with E-state index in [9.17, 15) is 0 Å². The van der Waals surface area contributed by atoms with Gasteiger partial charge >= 0.3 is 0 Å². The highest BCUT2D eigenvalue weighted by atomic mass is 35.5. The first-order valence-electron chi connectivity index (χ1n) is 4.72. The minimum absolute atomic E-state index is 0.186. The van der Waals surface area contributed by atoms with Crippen LogP contribution < -0.4 is 0 Å². The molecular formula is C11H11ClN2S. The van der Waals surface area contributed by atoms with E-state index in [1.54, 1.807) is 11.8 Å². The predicted octanol–water partition coefficient (Wildman–Crippen LogP) is 4.52. The Morgan fingerprint density at radius 1 is 1.27 bits per heavy atom. The second kappa shape index (κ2) is 4.37. The second-order valence-corrected chi connectivity index (χ2v) is 4.95. The molecule has 1 aromatic rings. The highest BCUT2D eigenvalue weighted by Crippen LogP contribution is 2.36. The molecule has 0 fully saturated rings. The quantitative estimate of drug-likeness (QED) is 0.744. The first-order valence-corrected chi connectivity index (χ1v) is 5.91. The monoisotopic (exact) mass is 238 g/mol. The van der Waals surface area contributed by atoms with Crippen LogP contribution in [0, 0.1) is 0 Å². The molecule has 0 radical (unpaired) electrons. The minimum Gasteiger partial charge on any atom is -0.180 e. The fraction of sp³-hybridized carbons (Fsp3) is 0.273. The Labute approximate surface area is 98.4 Å². The van der Waals surface area contributed by atoms with Gasteiger partial charge in [0.05, 0.1) is 5.70 Å². The van der Waals surface area contributed by atoms with Crippen LogP contribution in [0.15, 0.2) is 50.0 Å². The summed E-state index contributed by atoms with van der Waals surface area (Å²) in [6, 6.07) is 8.00. The third-order valence-electron chi connectivity index (χ3n) is 2.16. The maximum atomic E-state index is 5.83. The molecule has 2 rings (SSSR count). The Bertz CT molecular complexity index is 423. The Morgan fingerprint density at radius 3 is 2.47 bits per heavy atom. The third kappa shape index (κ3) is 2.41. The number of nitrogens with zero attached hydrogens (tertiary/aromatic N) is 2. The van der Waals surface area contributed by atoms with Crippen LogP contribution in [0.5, 0.6) is 0 Å². The highest BCUT2D eigenvalue weighted by molar-refractivity contribution is 8.03. The van der Waals surface area contributed by atoms with Crippen molar-refractivity contribution in [2.24, 2.45) is 10.2 Å². The fourth-order valence-electron chi connectivity index (χ4n) is 1.37. The molecule has 0 unspecified atom stereocenters. The molecule has 0 bridgehead atoms. The van der Waals surface area contributed by atoms with Crippen LogP contribution in [-0.4, -0.2) is 6.04 Å². The summed E-state index contributed by atoms with van der Waals surface area (Å²) in [5.41, 5.74) is 1.02. The largest absolute Gasteiger partial charge is 0.180 e. The van der Waals surface area contributed by atoms with Gasteiger partial charge in [-0.1, -0.05) is 23.4 Å². The predicted molar refractivity (Wildman–Crippen MR) is 64.3 cm³/mol. The summed E-state index contributed by atoms with van der Waals surface area (Å²) in [5.74, 6) is 0. The van der Waals surface area contributed by atoms with E-state index in [1.807, 2.05) is 31.2 Å². The molecule has 2 nitrogen and oxygen atoms in total. The van der Waals surface area contributed by atoms with Gasteiger partial charge in [-0.05, 0) is 38.1 Å². The standard InChI is InChI=1S/C11H11ClN2S/c1-7-11(8(2)14-13-7)15-10-5-3-9(12)4-6-10/h3-7H,1-2H3/t7-/m0/s1. The molecule has 1 aliphatic heterocycles. The average Bonchev–Trinajstić information content (AvgIpc) is 2.53. The van der Waals surface area contributed by atoms with Crippen LogP contribution >= 0.6 is 23.4 Å². The van der Waals surface area contributed by atoms with Crippen molar-refractivity contribution in [3.8, 4) is 0 Å². The van der Waals surface area contributed by atoms with E-state index >= 15 is 0 Å². The van der Waals surface area contributed by atoms with Crippen LogP contribution in [0.3, 0.4) is 0 Å². The molecule has 1 heterocycles. The maximum absolute atomic E-state index is 5.83. The first kappa shape index (κ1) is 10.7. The normalized spacial score (nSPS) is 20.1. The maximum Gasteiger partial charge on any atom is 0.101 e. The fourth-order valence-corrected chi connectivity index (χ4v) is 2.42.